The molecule has 0 spiro atoms. The van der Waals surface area contributed by atoms with Crippen LogP contribution in [0.3, 0.4) is 0 Å². The van der Waals surface area contributed by atoms with Gasteiger partial charge in [0.25, 0.3) is 5.91 Å². The molecule has 29 heavy (non-hydrogen) atoms. The molecule has 0 bridgehead atoms. The Hall–Kier alpha value is -3.52. The van der Waals surface area contributed by atoms with E-state index in [9.17, 15) is 9.59 Å². The fourth-order valence-electron chi connectivity index (χ4n) is 2.82. The van der Waals surface area contributed by atoms with Gasteiger partial charge in [0.15, 0.2) is 5.13 Å². The highest BCUT2D eigenvalue weighted by molar-refractivity contribution is 7.20. The van der Waals surface area contributed by atoms with Gasteiger partial charge in [0.1, 0.15) is 6.04 Å². The lowest BCUT2D eigenvalue weighted by Crippen LogP contribution is -2.44. The van der Waals surface area contributed by atoms with Crippen LogP contribution >= 0.6 is 11.3 Å². The summed E-state index contributed by atoms with van der Waals surface area (Å²) in [6.45, 7) is 2.02. The first-order valence-electron chi connectivity index (χ1n) is 9.11. The van der Waals surface area contributed by atoms with Gasteiger partial charge < -0.3 is 15.2 Å². The average molecular weight is 405 g/mol. The third-order valence-corrected chi connectivity index (χ3v) is 5.43. The Kier molecular flexibility index (Phi) is 5.35. The van der Waals surface area contributed by atoms with Crippen LogP contribution < -0.4 is 10.6 Å². The number of hydrogen-bond acceptors (Lipinski definition) is 5. The molecular formula is C21H19N5O2S. The highest BCUT2D eigenvalue weighted by Crippen LogP contribution is 2.26. The fourth-order valence-corrected chi connectivity index (χ4v) is 3.79. The van der Waals surface area contributed by atoms with Gasteiger partial charge in [-0.05, 0) is 48.9 Å². The van der Waals surface area contributed by atoms with Crippen molar-refractivity contribution < 1.29 is 9.59 Å². The van der Waals surface area contributed by atoms with Crippen LogP contribution in [0.25, 0.3) is 15.3 Å². The maximum absolute atomic E-state index is 12.6. The zero-order chi connectivity index (χ0) is 20.2. The lowest BCUT2D eigenvalue weighted by atomic mass is 10.2. The highest BCUT2D eigenvalue weighted by atomic mass is 32.1. The quantitative estimate of drug-likeness (QED) is 0.516. The third kappa shape index (κ3) is 4.33. The van der Waals surface area contributed by atoms with E-state index in [0.29, 0.717) is 12.1 Å². The van der Waals surface area contributed by atoms with Crippen molar-refractivity contribution in [2.24, 2.45) is 0 Å². The molecular weight excluding hydrogens is 386 g/mol. The molecule has 8 heteroatoms. The first kappa shape index (κ1) is 18.8. The minimum atomic E-state index is -0.660. The number of nitrogens with one attached hydrogen (secondary N) is 2. The molecule has 0 aliphatic rings. The van der Waals surface area contributed by atoms with Crippen LogP contribution in [0, 0.1) is 0 Å². The number of carbonyl (C=O) groups excluding carboxylic acids is 2. The molecule has 2 amide bonds. The van der Waals surface area contributed by atoms with E-state index in [2.05, 4.69) is 20.6 Å². The van der Waals surface area contributed by atoms with E-state index in [1.807, 2.05) is 47.3 Å². The van der Waals surface area contributed by atoms with E-state index in [1.54, 1.807) is 31.5 Å². The maximum atomic E-state index is 12.6. The molecule has 2 N–H and O–H groups in total. The monoisotopic (exact) mass is 405 g/mol. The van der Waals surface area contributed by atoms with Gasteiger partial charge in [-0.2, -0.15) is 0 Å². The predicted molar refractivity (Wildman–Crippen MR) is 112 cm³/mol. The number of hydrogen-bond donors (Lipinski definition) is 2. The molecule has 3 heterocycles. The highest BCUT2D eigenvalue weighted by Gasteiger charge is 2.17. The molecule has 1 aromatic carbocycles. The summed E-state index contributed by atoms with van der Waals surface area (Å²) in [7, 11) is 0. The Labute approximate surface area is 171 Å². The van der Waals surface area contributed by atoms with E-state index in [1.165, 1.54) is 11.3 Å². The zero-order valence-electron chi connectivity index (χ0n) is 15.7. The van der Waals surface area contributed by atoms with Crippen molar-refractivity contribution in [3.8, 4) is 5.13 Å². The van der Waals surface area contributed by atoms with Gasteiger partial charge in [0.2, 0.25) is 5.91 Å². The minimum Gasteiger partial charge on any atom is -0.350 e. The third-order valence-electron chi connectivity index (χ3n) is 4.40. The van der Waals surface area contributed by atoms with E-state index < -0.39 is 6.04 Å². The van der Waals surface area contributed by atoms with Gasteiger partial charge in [-0.25, -0.2) is 4.98 Å². The molecule has 1 atom stereocenters. The minimum absolute atomic E-state index is 0.254. The van der Waals surface area contributed by atoms with Crippen LogP contribution in [0.15, 0.2) is 67.3 Å². The molecule has 0 saturated carbocycles. The van der Waals surface area contributed by atoms with Crippen LogP contribution in [0.1, 0.15) is 22.8 Å². The number of amides is 2. The smallest absolute Gasteiger partial charge is 0.251 e. The van der Waals surface area contributed by atoms with Crippen LogP contribution in [0.4, 0.5) is 0 Å². The second-order valence-electron chi connectivity index (χ2n) is 6.54. The van der Waals surface area contributed by atoms with E-state index in [4.69, 9.17) is 0 Å². The number of nitrogens with zero attached hydrogens (tertiary/aromatic N) is 3. The van der Waals surface area contributed by atoms with Crippen LogP contribution in [0.5, 0.6) is 0 Å². The summed E-state index contributed by atoms with van der Waals surface area (Å²) in [5.41, 5.74) is 2.22. The number of thiazole rings is 1. The summed E-state index contributed by atoms with van der Waals surface area (Å²) in [5.74, 6) is -0.553. The molecule has 7 nitrogen and oxygen atoms in total. The predicted octanol–water partition coefficient (Wildman–Crippen LogP) is 2.92. The first-order chi connectivity index (χ1) is 14.1. The molecule has 3 aromatic heterocycles. The Morgan fingerprint density at radius 1 is 1.17 bits per heavy atom. The summed E-state index contributed by atoms with van der Waals surface area (Å²) < 4.78 is 2.84. The Morgan fingerprint density at radius 2 is 2.00 bits per heavy atom. The van der Waals surface area contributed by atoms with Crippen LogP contribution in [-0.4, -0.2) is 32.4 Å². The normalized spacial score (nSPS) is 11.9. The molecule has 0 radical (unpaired) electrons. The molecule has 4 rings (SSSR count). The standard InChI is InChI=1S/C21H19N5O2S/c1-14(19(27)23-13-15-5-4-8-22-12-15)24-20(28)16-6-7-17-18(11-16)29-21(25-17)26-9-2-3-10-26/h2-12,14H,13H2,1H3,(H,23,27)(H,24,28)/t14-/m1/s1. The van der Waals surface area contributed by atoms with Crippen LogP contribution in [-0.2, 0) is 11.3 Å². The summed E-state index contributed by atoms with van der Waals surface area (Å²) in [6, 6.07) is 12.2. The molecule has 146 valence electrons. The fraction of sp³-hybridized carbons (Fsp3) is 0.143. The first-order valence-corrected chi connectivity index (χ1v) is 9.93. The number of rotatable bonds is 6. The lowest BCUT2D eigenvalue weighted by Gasteiger charge is -2.14. The lowest BCUT2D eigenvalue weighted by molar-refractivity contribution is -0.122. The molecule has 0 aliphatic carbocycles. The van der Waals surface area contributed by atoms with Gasteiger partial charge >= 0.3 is 0 Å². The van der Waals surface area contributed by atoms with Gasteiger partial charge in [0.05, 0.1) is 10.2 Å². The average Bonchev–Trinajstić information content (AvgIpc) is 3.41. The maximum Gasteiger partial charge on any atom is 0.251 e. The van der Waals surface area contributed by atoms with Crippen LogP contribution in [0.2, 0.25) is 0 Å². The Bertz CT molecular complexity index is 1140. The SMILES string of the molecule is C[C@@H](NC(=O)c1ccc2nc(-n3cccc3)sc2c1)C(=O)NCc1cccnc1. The van der Waals surface area contributed by atoms with Crippen molar-refractivity contribution in [1.82, 2.24) is 25.2 Å². The number of benzene rings is 1. The van der Waals surface area contributed by atoms with E-state index in [0.717, 1.165) is 20.9 Å². The van der Waals surface area contributed by atoms with Crippen molar-refractivity contribution in [1.29, 1.82) is 0 Å². The second-order valence-corrected chi connectivity index (χ2v) is 7.55. The van der Waals surface area contributed by atoms with E-state index in [-0.39, 0.29) is 11.8 Å². The number of fused-ring (bicyclic) bond motifs is 1. The van der Waals surface area contributed by atoms with Crippen molar-refractivity contribution in [3.63, 3.8) is 0 Å². The molecule has 0 unspecified atom stereocenters. The van der Waals surface area contributed by atoms with Crippen molar-refractivity contribution in [3.05, 3.63) is 78.4 Å². The summed E-state index contributed by atoms with van der Waals surface area (Å²) in [5, 5.41) is 6.38. The van der Waals surface area contributed by atoms with Gasteiger partial charge in [-0.1, -0.05) is 17.4 Å². The van der Waals surface area contributed by atoms with Crippen molar-refractivity contribution >= 4 is 33.4 Å². The summed E-state index contributed by atoms with van der Waals surface area (Å²) in [6.07, 6.45) is 7.22. The molecule has 0 fully saturated rings. The second kappa shape index (κ2) is 8.24. The van der Waals surface area contributed by atoms with Gasteiger partial charge in [0, 0.05) is 36.9 Å². The topological polar surface area (TPSA) is 88.9 Å². The number of carbonyl (C=O) groups is 2. The molecule has 0 saturated heterocycles. The number of aromatic nitrogens is 3. The Balaban J connectivity index is 1.40. The number of pyridine rings is 1. The van der Waals surface area contributed by atoms with E-state index >= 15 is 0 Å². The zero-order valence-corrected chi connectivity index (χ0v) is 16.5. The van der Waals surface area contributed by atoms with Gasteiger partial charge in [-0.15, -0.1) is 0 Å². The van der Waals surface area contributed by atoms with Gasteiger partial charge in [-0.3, -0.25) is 14.6 Å². The van der Waals surface area contributed by atoms with Crippen molar-refractivity contribution in [2.75, 3.05) is 0 Å². The molecule has 0 aliphatic heterocycles. The summed E-state index contributed by atoms with van der Waals surface area (Å²) in [4.78, 5) is 33.5. The molecule has 4 aromatic rings. The summed E-state index contributed by atoms with van der Waals surface area (Å²) >= 11 is 1.50. The largest absolute Gasteiger partial charge is 0.350 e. The van der Waals surface area contributed by atoms with Crippen molar-refractivity contribution in [2.45, 2.75) is 19.5 Å². The Morgan fingerprint density at radius 3 is 2.76 bits per heavy atom.